The molecular formula is C25H22ClNO3. The van der Waals surface area contributed by atoms with Gasteiger partial charge in [-0.1, -0.05) is 29.8 Å². The highest BCUT2D eigenvalue weighted by Crippen LogP contribution is 2.51. The van der Waals surface area contributed by atoms with Crippen LogP contribution in [-0.2, 0) is 10.2 Å². The average Bonchev–Trinajstić information content (AvgIpc) is 3.41. The van der Waals surface area contributed by atoms with Crippen LogP contribution in [0.15, 0.2) is 54.6 Å². The molecule has 1 heterocycles. The van der Waals surface area contributed by atoms with Gasteiger partial charge in [0.15, 0.2) is 11.5 Å². The van der Waals surface area contributed by atoms with E-state index < -0.39 is 5.41 Å². The topological polar surface area (TPSA) is 47.6 Å². The third-order valence-corrected chi connectivity index (χ3v) is 6.32. The number of fused-ring (bicyclic) bond motifs is 1. The monoisotopic (exact) mass is 419 g/mol. The Morgan fingerprint density at radius 1 is 0.900 bits per heavy atom. The number of carbonyl (C=O) groups excluding carboxylic acids is 1. The lowest BCUT2D eigenvalue weighted by molar-refractivity contribution is -0.118. The molecule has 0 aromatic heterocycles. The van der Waals surface area contributed by atoms with Gasteiger partial charge in [-0.05, 0) is 90.9 Å². The molecule has 5 rings (SSSR count). The fourth-order valence-electron chi connectivity index (χ4n) is 4.14. The minimum atomic E-state index is -0.498. The fraction of sp³-hybridized carbons (Fsp3) is 0.240. The number of rotatable bonds is 4. The van der Waals surface area contributed by atoms with E-state index in [1.807, 2.05) is 61.5 Å². The summed E-state index contributed by atoms with van der Waals surface area (Å²) in [6.07, 6.45) is 1.65. The van der Waals surface area contributed by atoms with Gasteiger partial charge in [0.05, 0.1) is 5.41 Å². The second-order valence-electron chi connectivity index (χ2n) is 8.09. The molecule has 0 bridgehead atoms. The highest BCUT2D eigenvalue weighted by Gasteiger charge is 2.51. The smallest absolute Gasteiger partial charge is 0.235 e. The van der Waals surface area contributed by atoms with Crippen molar-refractivity contribution in [2.75, 3.05) is 12.1 Å². The van der Waals surface area contributed by atoms with E-state index in [0.29, 0.717) is 5.75 Å². The van der Waals surface area contributed by atoms with Crippen LogP contribution in [0.2, 0.25) is 5.02 Å². The summed E-state index contributed by atoms with van der Waals surface area (Å²) in [5.41, 5.74) is 5.73. The Morgan fingerprint density at radius 2 is 1.70 bits per heavy atom. The maximum atomic E-state index is 13.2. The molecule has 1 aliphatic carbocycles. The van der Waals surface area contributed by atoms with Crippen LogP contribution in [0.1, 0.15) is 29.5 Å². The van der Waals surface area contributed by atoms with Gasteiger partial charge in [0.2, 0.25) is 12.7 Å². The predicted molar refractivity (Wildman–Crippen MR) is 118 cm³/mol. The summed E-state index contributed by atoms with van der Waals surface area (Å²) in [7, 11) is 0. The van der Waals surface area contributed by atoms with Crippen LogP contribution in [0.25, 0.3) is 11.1 Å². The van der Waals surface area contributed by atoms with Crippen LogP contribution in [0, 0.1) is 13.8 Å². The normalized spacial score (nSPS) is 15.7. The number of aryl methyl sites for hydroxylation is 2. The summed E-state index contributed by atoms with van der Waals surface area (Å²) < 4.78 is 10.9. The van der Waals surface area contributed by atoms with Gasteiger partial charge in [-0.2, -0.15) is 0 Å². The lowest BCUT2D eigenvalue weighted by atomic mass is 9.93. The number of amides is 1. The Kier molecular flexibility index (Phi) is 4.48. The molecule has 3 aromatic carbocycles. The third kappa shape index (κ3) is 3.21. The molecule has 1 amide bonds. The van der Waals surface area contributed by atoms with E-state index in [0.717, 1.165) is 57.1 Å². The van der Waals surface area contributed by atoms with Gasteiger partial charge in [-0.3, -0.25) is 4.79 Å². The van der Waals surface area contributed by atoms with E-state index in [9.17, 15) is 4.79 Å². The van der Waals surface area contributed by atoms with Gasteiger partial charge < -0.3 is 14.8 Å². The summed E-state index contributed by atoms with van der Waals surface area (Å²) in [6, 6.07) is 17.7. The molecule has 4 nitrogen and oxygen atoms in total. The molecule has 0 spiro atoms. The molecule has 0 unspecified atom stereocenters. The number of halogens is 1. The van der Waals surface area contributed by atoms with E-state index in [1.54, 1.807) is 0 Å². The van der Waals surface area contributed by atoms with Crippen molar-refractivity contribution in [3.05, 3.63) is 76.3 Å². The van der Waals surface area contributed by atoms with Crippen molar-refractivity contribution in [2.45, 2.75) is 32.1 Å². The molecule has 0 saturated heterocycles. The zero-order valence-electron chi connectivity index (χ0n) is 16.9. The number of hydrogen-bond donors (Lipinski definition) is 1. The molecule has 1 N–H and O–H groups in total. The first kappa shape index (κ1) is 19.0. The second kappa shape index (κ2) is 7.06. The molecule has 1 saturated carbocycles. The highest BCUT2D eigenvalue weighted by molar-refractivity contribution is 6.30. The molecular weight excluding hydrogens is 398 g/mol. The number of nitrogens with one attached hydrogen (secondary N) is 1. The predicted octanol–water partition coefficient (Wildman–Crippen LogP) is 6.02. The molecule has 1 aliphatic heterocycles. The van der Waals surface area contributed by atoms with Crippen LogP contribution in [0.4, 0.5) is 5.69 Å². The van der Waals surface area contributed by atoms with Gasteiger partial charge in [0, 0.05) is 10.7 Å². The summed E-state index contributed by atoms with van der Waals surface area (Å²) in [5.74, 6) is 1.46. The van der Waals surface area contributed by atoms with Crippen LogP contribution in [0.5, 0.6) is 11.5 Å². The highest BCUT2D eigenvalue weighted by atomic mass is 35.5. The first-order chi connectivity index (χ1) is 14.5. The molecule has 1 fully saturated rings. The van der Waals surface area contributed by atoms with Crippen LogP contribution in [0.3, 0.4) is 0 Å². The van der Waals surface area contributed by atoms with Gasteiger partial charge in [0.25, 0.3) is 0 Å². The summed E-state index contributed by atoms with van der Waals surface area (Å²) in [4.78, 5) is 13.2. The molecule has 0 radical (unpaired) electrons. The number of benzene rings is 3. The van der Waals surface area contributed by atoms with E-state index in [4.69, 9.17) is 21.1 Å². The van der Waals surface area contributed by atoms with Crippen molar-refractivity contribution in [2.24, 2.45) is 0 Å². The molecule has 3 aromatic rings. The zero-order valence-corrected chi connectivity index (χ0v) is 17.7. The second-order valence-corrected chi connectivity index (χ2v) is 8.53. The van der Waals surface area contributed by atoms with Gasteiger partial charge in [-0.25, -0.2) is 0 Å². The van der Waals surface area contributed by atoms with Crippen molar-refractivity contribution in [3.63, 3.8) is 0 Å². The lowest BCUT2D eigenvalue weighted by Crippen LogP contribution is -2.27. The number of hydrogen-bond acceptors (Lipinski definition) is 3. The van der Waals surface area contributed by atoms with Crippen LogP contribution < -0.4 is 14.8 Å². The SMILES string of the molecule is Cc1cc(Cl)ccc1-c1cc(NC(=O)C2(c3ccc4c(c3)OCO4)CC2)ccc1C. The molecule has 0 atom stereocenters. The van der Waals surface area contributed by atoms with E-state index in [1.165, 1.54) is 0 Å². The molecule has 30 heavy (non-hydrogen) atoms. The van der Waals surface area contributed by atoms with Crippen molar-refractivity contribution in [1.29, 1.82) is 0 Å². The van der Waals surface area contributed by atoms with Gasteiger partial charge >= 0.3 is 0 Å². The largest absolute Gasteiger partial charge is 0.454 e. The standard InChI is InChI=1S/C25H22ClNO3/c1-15-3-6-19(13-21(15)20-7-5-18(26)11-16(20)2)27-24(28)25(9-10-25)17-4-8-22-23(12-17)30-14-29-22/h3-8,11-13H,9-10,14H2,1-2H3,(H,27,28). The third-order valence-electron chi connectivity index (χ3n) is 6.08. The number of carbonyl (C=O) groups is 1. The minimum absolute atomic E-state index is 0.0176. The lowest BCUT2D eigenvalue weighted by Gasteiger charge is -2.18. The Hall–Kier alpha value is -2.98. The fourth-order valence-corrected chi connectivity index (χ4v) is 4.36. The van der Waals surface area contributed by atoms with Crippen LogP contribution >= 0.6 is 11.6 Å². The van der Waals surface area contributed by atoms with Crippen LogP contribution in [-0.4, -0.2) is 12.7 Å². The molecule has 2 aliphatic rings. The van der Waals surface area contributed by atoms with Gasteiger partial charge in [-0.15, -0.1) is 0 Å². The Balaban J connectivity index is 1.43. The average molecular weight is 420 g/mol. The number of ether oxygens (including phenoxy) is 2. The summed E-state index contributed by atoms with van der Waals surface area (Å²) in [5, 5.41) is 3.86. The maximum absolute atomic E-state index is 13.2. The minimum Gasteiger partial charge on any atom is -0.454 e. The number of anilines is 1. The Labute approximate surface area is 180 Å². The van der Waals surface area contributed by atoms with E-state index in [2.05, 4.69) is 12.2 Å². The zero-order chi connectivity index (χ0) is 20.9. The van der Waals surface area contributed by atoms with Crippen molar-refractivity contribution < 1.29 is 14.3 Å². The first-order valence-electron chi connectivity index (χ1n) is 10.0. The Bertz CT molecular complexity index is 1170. The first-order valence-corrected chi connectivity index (χ1v) is 10.4. The maximum Gasteiger partial charge on any atom is 0.235 e. The molecule has 5 heteroatoms. The Morgan fingerprint density at radius 3 is 2.47 bits per heavy atom. The quantitative estimate of drug-likeness (QED) is 0.562. The van der Waals surface area contributed by atoms with Crippen molar-refractivity contribution in [1.82, 2.24) is 0 Å². The van der Waals surface area contributed by atoms with Gasteiger partial charge in [0.1, 0.15) is 0 Å². The molecule has 152 valence electrons. The summed E-state index contributed by atoms with van der Waals surface area (Å²) >= 11 is 6.12. The van der Waals surface area contributed by atoms with E-state index in [-0.39, 0.29) is 12.7 Å². The van der Waals surface area contributed by atoms with Crippen molar-refractivity contribution >= 4 is 23.2 Å². The van der Waals surface area contributed by atoms with Crippen molar-refractivity contribution in [3.8, 4) is 22.6 Å². The summed E-state index contributed by atoms with van der Waals surface area (Å²) in [6.45, 7) is 4.35. The van der Waals surface area contributed by atoms with E-state index >= 15 is 0 Å².